The molecule has 0 spiro atoms. The molecule has 1 atom stereocenters. The maximum absolute atomic E-state index is 13.1. The molecule has 4 bridgehead atoms. The highest BCUT2D eigenvalue weighted by atomic mass is 35.5. The zero-order valence-electron chi connectivity index (χ0n) is 15.8. The number of hydrogen-bond acceptors (Lipinski definition) is 3. The second-order valence-corrected chi connectivity index (χ2v) is 8.79. The van der Waals surface area contributed by atoms with Gasteiger partial charge < -0.3 is 16.0 Å². The van der Waals surface area contributed by atoms with Crippen molar-refractivity contribution in [1.82, 2.24) is 16.0 Å². The van der Waals surface area contributed by atoms with E-state index in [-0.39, 0.29) is 35.6 Å². The van der Waals surface area contributed by atoms with Crippen LogP contribution in [0.4, 0.5) is 0 Å². The quantitative estimate of drug-likeness (QED) is 0.600. The molecule has 2 amide bonds. The summed E-state index contributed by atoms with van der Waals surface area (Å²) in [5.41, 5.74) is -0.187. The van der Waals surface area contributed by atoms with Crippen molar-refractivity contribution in [3.63, 3.8) is 0 Å². The number of likely N-dealkylation sites (N-methyl/N-ethyl adjacent to an activating group) is 1. The number of carbonyl (C=O) groups is 2. The third kappa shape index (κ3) is 4.30. The van der Waals surface area contributed by atoms with Crippen molar-refractivity contribution in [3.05, 3.63) is 0 Å². The first kappa shape index (κ1) is 20.5. The van der Waals surface area contributed by atoms with Crippen LogP contribution in [0.3, 0.4) is 0 Å². The Morgan fingerprint density at radius 2 is 1.52 bits per heavy atom. The molecule has 3 N–H and O–H groups in total. The van der Waals surface area contributed by atoms with Gasteiger partial charge in [-0.3, -0.25) is 9.59 Å². The molecule has 0 heterocycles. The average Bonchev–Trinajstić information content (AvgIpc) is 2.50. The molecule has 4 fully saturated rings. The van der Waals surface area contributed by atoms with E-state index in [1.165, 1.54) is 19.3 Å². The first-order valence-corrected chi connectivity index (χ1v) is 9.67. The third-order valence-corrected chi connectivity index (χ3v) is 6.43. The molecule has 0 radical (unpaired) electrons. The third-order valence-electron chi connectivity index (χ3n) is 6.43. The van der Waals surface area contributed by atoms with E-state index in [1.54, 1.807) is 0 Å². The maximum atomic E-state index is 13.1. The zero-order chi connectivity index (χ0) is 17.3. The zero-order valence-corrected chi connectivity index (χ0v) is 16.6. The summed E-state index contributed by atoms with van der Waals surface area (Å²) in [5, 5.41) is 9.08. The van der Waals surface area contributed by atoms with Gasteiger partial charge in [-0.1, -0.05) is 13.8 Å². The highest BCUT2D eigenvalue weighted by Gasteiger charge is 2.55. The largest absolute Gasteiger partial charge is 0.353 e. The van der Waals surface area contributed by atoms with E-state index in [9.17, 15) is 9.59 Å². The fourth-order valence-corrected chi connectivity index (χ4v) is 5.64. The number of hydrogen-bond donors (Lipinski definition) is 3. The molecule has 6 heteroatoms. The van der Waals surface area contributed by atoms with Crippen LogP contribution in [0.2, 0.25) is 0 Å². The molecule has 4 aliphatic rings. The van der Waals surface area contributed by atoms with Gasteiger partial charge >= 0.3 is 0 Å². The molecule has 4 saturated carbocycles. The molecular weight excluding hydrogens is 338 g/mol. The van der Waals surface area contributed by atoms with Crippen molar-refractivity contribution in [1.29, 1.82) is 0 Å². The van der Waals surface area contributed by atoms with Gasteiger partial charge in [0.25, 0.3) is 0 Å². The summed E-state index contributed by atoms with van der Waals surface area (Å²) in [5.74, 6) is 2.40. The normalized spacial score (nSPS) is 33.7. The second-order valence-electron chi connectivity index (χ2n) is 8.79. The van der Waals surface area contributed by atoms with Crippen LogP contribution in [0.15, 0.2) is 0 Å². The Labute approximate surface area is 157 Å². The Morgan fingerprint density at radius 3 is 1.96 bits per heavy atom. The van der Waals surface area contributed by atoms with Gasteiger partial charge in [-0.25, -0.2) is 0 Å². The molecule has 25 heavy (non-hydrogen) atoms. The van der Waals surface area contributed by atoms with Crippen LogP contribution in [-0.4, -0.2) is 38.0 Å². The molecule has 0 aliphatic heterocycles. The SMILES string of the molecule is CNCCNC(=O)C(NC(=O)C12CC3CC(CC(C3)C1)C2)C(C)C.Cl. The maximum Gasteiger partial charge on any atom is 0.242 e. The molecular formula is C19H34ClN3O2. The Morgan fingerprint density at radius 1 is 1.00 bits per heavy atom. The fraction of sp³-hybridized carbons (Fsp3) is 0.895. The minimum absolute atomic E-state index is 0. The van der Waals surface area contributed by atoms with Crippen molar-refractivity contribution < 1.29 is 9.59 Å². The van der Waals surface area contributed by atoms with Crippen LogP contribution in [0.5, 0.6) is 0 Å². The van der Waals surface area contributed by atoms with Gasteiger partial charge in [-0.2, -0.15) is 0 Å². The first-order chi connectivity index (χ1) is 11.4. The molecule has 0 aromatic heterocycles. The van der Waals surface area contributed by atoms with E-state index >= 15 is 0 Å². The lowest BCUT2D eigenvalue weighted by Gasteiger charge is -2.55. The summed E-state index contributed by atoms with van der Waals surface area (Å²) in [7, 11) is 1.86. The summed E-state index contributed by atoms with van der Waals surface area (Å²) in [6.45, 7) is 5.33. The molecule has 5 nitrogen and oxygen atoms in total. The van der Waals surface area contributed by atoms with Crippen molar-refractivity contribution >= 4 is 24.2 Å². The van der Waals surface area contributed by atoms with Crippen molar-refractivity contribution in [2.75, 3.05) is 20.1 Å². The van der Waals surface area contributed by atoms with Gasteiger partial charge in [0, 0.05) is 18.5 Å². The van der Waals surface area contributed by atoms with Gasteiger partial charge in [-0.15, -0.1) is 12.4 Å². The van der Waals surface area contributed by atoms with Gasteiger partial charge in [0.2, 0.25) is 11.8 Å². The van der Waals surface area contributed by atoms with Crippen molar-refractivity contribution in [2.45, 2.75) is 58.4 Å². The van der Waals surface area contributed by atoms with Gasteiger partial charge in [0.15, 0.2) is 0 Å². The molecule has 0 saturated heterocycles. The Hall–Kier alpha value is -0.810. The lowest BCUT2D eigenvalue weighted by Crippen LogP contribution is -2.58. The second kappa shape index (κ2) is 8.26. The van der Waals surface area contributed by atoms with E-state index < -0.39 is 6.04 Å². The predicted molar refractivity (Wildman–Crippen MR) is 102 cm³/mol. The summed E-state index contributed by atoms with van der Waals surface area (Å²) in [4.78, 5) is 25.6. The minimum atomic E-state index is -0.428. The van der Waals surface area contributed by atoms with E-state index in [0.29, 0.717) is 6.54 Å². The lowest BCUT2D eigenvalue weighted by molar-refractivity contribution is -0.149. The highest BCUT2D eigenvalue weighted by Crippen LogP contribution is 2.60. The standard InChI is InChI=1S/C19H33N3O2.ClH/c1-12(2)16(17(23)21-5-4-20-3)22-18(24)19-9-13-6-14(10-19)8-15(7-13)11-19;/h12-16,20H,4-11H2,1-3H3,(H,21,23)(H,22,24);1H. The van der Waals surface area contributed by atoms with Gasteiger partial charge in [0.1, 0.15) is 6.04 Å². The molecule has 1 unspecified atom stereocenters. The van der Waals surface area contributed by atoms with Gasteiger partial charge in [0.05, 0.1) is 0 Å². The van der Waals surface area contributed by atoms with E-state index in [4.69, 9.17) is 0 Å². The number of carbonyl (C=O) groups excluding carboxylic acids is 2. The lowest BCUT2D eigenvalue weighted by atomic mass is 9.49. The molecule has 144 valence electrons. The minimum Gasteiger partial charge on any atom is -0.353 e. The Balaban J connectivity index is 0.00000225. The fourth-order valence-electron chi connectivity index (χ4n) is 5.64. The van der Waals surface area contributed by atoms with Crippen LogP contribution in [0.25, 0.3) is 0 Å². The Bertz CT molecular complexity index is 460. The summed E-state index contributed by atoms with van der Waals surface area (Å²) in [6.07, 6.45) is 7.09. The van der Waals surface area contributed by atoms with Crippen molar-refractivity contribution in [2.24, 2.45) is 29.1 Å². The van der Waals surface area contributed by atoms with Crippen LogP contribution < -0.4 is 16.0 Å². The number of nitrogens with one attached hydrogen (secondary N) is 3. The Kier molecular flexibility index (Phi) is 6.77. The molecule has 0 aromatic rings. The summed E-state index contributed by atoms with van der Waals surface area (Å²) < 4.78 is 0. The molecule has 0 aromatic carbocycles. The average molecular weight is 372 g/mol. The predicted octanol–water partition coefficient (Wildman–Crippen LogP) is 2.10. The topological polar surface area (TPSA) is 70.2 Å². The summed E-state index contributed by atoms with van der Waals surface area (Å²) in [6, 6.07) is -0.428. The van der Waals surface area contributed by atoms with E-state index in [2.05, 4.69) is 16.0 Å². The first-order valence-electron chi connectivity index (χ1n) is 9.67. The highest BCUT2D eigenvalue weighted by molar-refractivity contribution is 5.90. The number of amides is 2. The van der Waals surface area contributed by atoms with Crippen molar-refractivity contribution in [3.8, 4) is 0 Å². The van der Waals surface area contributed by atoms with Crippen LogP contribution in [-0.2, 0) is 9.59 Å². The molecule has 4 rings (SSSR count). The molecule has 4 aliphatic carbocycles. The van der Waals surface area contributed by atoms with Crippen LogP contribution >= 0.6 is 12.4 Å². The number of rotatable bonds is 7. The van der Waals surface area contributed by atoms with Crippen LogP contribution in [0, 0.1) is 29.1 Å². The smallest absolute Gasteiger partial charge is 0.242 e. The monoisotopic (exact) mass is 371 g/mol. The van der Waals surface area contributed by atoms with Crippen LogP contribution in [0.1, 0.15) is 52.4 Å². The number of halogens is 1. The van der Waals surface area contributed by atoms with E-state index in [0.717, 1.165) is 43.6 Å². The van der Waals surface area contributed by atoms with Gasteiger partial charge in [-0.05, 0) is 69.2 Å². The summed E-state index contributed by atoms with van der Waals surface area (Å²) >= 11 is 0. The van der Waals surface area contributed by atoms with E-state index in [1.807, 2.05) is 20.9 Å².